The summed E-state index contributed by atoms with van der Waals surface area (Å²) in [7, 11) is 0. The Morgan fingerprint density at radius 1 is 1.58 bits per heavy atom. The fraction of sp³-hybridized carbons (Fsp3) is 0.417. The molecule has 0 bridgehead atoms. The molecule has 0 aromatic carbocycles. The normalized spacial score (nSPS) is 12.4. The smallest absolute Gasteiger partial charge is 0.251 e. The second-order valence-corrected chi connectivity index (χ2v) is 5.85. The van der Waals surface area contributed by atoms with Crippen LogP contribution < -0.4 is 5.32 Å². The van der Waals surface area contributed by atoms with Crippen molar-refractivity contribution in [3.63, 3.8) is 0 Å². The Labute approximate surface area is 120 Å². The van der Waals surface area contributed by atoms with E-state index in [0.717, 1.165) is 10.6 Å². The predicted octanol–water partition coefficient (Wildman–Crippen LogP) is 3.20. The predicted molar refractivity (Wildman–Crippen MR) is 76.8 cm³/mol. The van der Waals surface area contributed by atoms with Gasteiger partial charge in [-0.2, -0.15) is 5.10 Å². The summed E-state index contributed by atoms with van der Waals surface area (Å²) in [5.41, 5.74) is 0.940. The van der Waals surface area contributed by atoms with Crippen LogP contribution in [0.5, 0.6) is 0 Å². The van der Waals surface area contributed by atoms with Gasteiger partial charge in [-0.25, -0.2) is 4.98 Å². The van der Waals surface area contributed by atoms with Gasteiger partial charge >= 0.3 is 0 Å². The average Bonchev–Trinajstić information content (AvgIpc) is 2.88. The molecule has 2 rings (SSSR count). The van der Waals surface area contributed by atoms with Crippen molar-refractivity contribution in [3.8, 4) is 0 Å². The number of nitrogens with zero attached hydrogens (tertiary/aromatic N) is 3. The van der Waals surface area contributed by atoms with Gasteiger partial charge in [-0.1, -0.05) is 18.5 Å². The van der Waals surface area contributed by atoms with Crippen molar-refractivity contribution < 1.29 is 4.79 Å². The zero-order chi connectivity index (χ0) is 14.0. The van der Waals surface area contributed by atoms with Crippen molar-refractivity contribution in [1.82, 2.24) is 14.8 Å². The van der Waals surface area contributed by atoms with Gasteiger partial charge in [0, 0.05) is 11.1 Å². The lowest BCUT2D eigenvalue weighted by Crippen LogP contribution is -2.25. The minimum atomic E-state index is -0.378. The third-order valence-electron chi connectivity index (χ3n) is 2.84. The number of aromatic nitrogens is 3. The van der Waals surface area contributed by atoms with Crippen molar-refractivity contribution >= 4 is 34.0 Å². The lowest BCUT2D eigenvalue weighted by Gasteiger charge is -2.14. The molecular formula is C12H15ClN4OS. The fourth-order valence-electron chi connectivity index (χ4n) is 1.69. The van der Waals surface area contributed by atoms with Gasteiger partial charge in [0.1, 0.15) is 6.04 Å². The van der Waals surface area contributed by atoms with E-state index in [4.69, 9.17) is 11.6 Å². The van der Waals surface area contributed by atoms with Gasteiger partial charge < -0.3 is 5.32 Å². The molecule has 0 saturated carbocycles. The van der Waals surface area contributed by atoms with Crippen LogP contribution in [0.15, 0.2) is 12.4 Å². The minimum absolute atomic E-state index is 0.129. The Balaban J connectivity index is 2.13. The Bertz CT molecular complexity index is 573. The second kappa shape index (κ2) is 5.71. The molecule has 19 heavy (non-hydrogen) atoms. The summed E-state index contributed by atoms with van der Waals surface area (Å²) in [6.07, 6.45) is 3.80. The minimum Gasteiger partial charge on any atom is -0.300 e. The Kier molecular flexibility index (Phi) is 4.21. The van der Waals surface area contributed by atoms with Crippen molar-refractivity contribution in [2.75, 3.05) is 5.32 Å². The molecule has 1 amide bonds. The highest BCUT2D eigenvalue weighted by atomic mass is 35.5. The summed E-state index contributed by atoms with van der Waals surface area (Å²) in [4.78, 5) is 17.6. The van der Waals surface area contributed by atoms with Crippen LogP contribution in [-0.2, 0) is 4.79 Å². The molecule has 0 fully saturated rings. The number of hydrogen-bond acceptors (Lipinski definition) is 4. The van der Waals surface area contributed by atoms with E-state index in [1.54, 1.807) is 10.9 Å². The van der Waals surface area contributed by atoms with E-state index in [1.165, 1.54) is 17.5 Å². The molecule has 5 nitrogen and oxygen atoms in total. The number of hydrogen-bond donors (Lipinski definition) is 1. The van der Waals surface area contributed by atoms with Crippen molar-refractivity contribution in [1.29, 1.82) is 0 Å². The molecule has 0 radical (unpaired) electrons. The summed E-state index contributed by atoms with van der Waals surface area (Å²) in [6.45, 7) is 5.83. The molecule has 2 aromatic rings. The van der Waals surface area contributed by atoms with Crippen LogP contribution in [0.3, 0.4) is 0 Å². The molecule has 7 heteroatoms. The van der Waals surface area contributed by atoms with E-state index < -0.39 is 0 Å². The fourth-order valence-corrected chi connectivity index (χ4v) is 2.65. The van der Waals surface area contributed by atoms with Gasteiger partial charge in [-0.05, 0) is 20.3 Å². The number of halogens is 1. The lowest BCUT2D eigenvalue weighted by atomic mass is 10.2. The van der Waals surface area contributed by atoms with Gasteiger partial charge in [0.25, 0.3) is 5.91 Å². The van der Waals surface area contributed by atoms with E-state index >= 15 is 0 Å². The molecule has 2 aromatic heterocycles. The third-order valence-corrected chi connectivity index (χ3v) is 4.02. The average molecular weight is 299 g/mol. The highest BCUT2D eigenvalue weighted by Gasteiger charge is 2.20. The number of amides is 1. The van der Waals surface area contributed by atoms with Crippen LogP contribution in [0.2, 0.25) is 5.02 Å². The van der Waals surface area contributed by atoms with Crippen LogP contribution in [0, 0.1) is 13.8 Å². The van der Waals surface area contributed by atoms with Crippen molar-refractivity contribution in [2.24, 2.45) is 0 Å². The summed E-state index contributed by atoms with van der Waals surface area (Å²) in [5.74, 6) is -0.129. The highest BCUT2D eigenvalue weighted by Crippen LogP contribution is 2.23. The first-order valence-corrected chi connectivity index (χ1v) is 7.15. The number of aryl methyl sites for hydroxylation is 2. The summed E-state index contributed by atoms with van der Waals surface area (Å²) in [6, 6.07) is -0.378. The first-order valence-electron chi connectivity index (χ1n) is 5.95. The first-order chi connectivity index (χ1) is 9.01. The molecule has 0 spiro atoms. The maximum atomic E-state index is 12.2. The van der Waals surface area contributed by atoms with E-state index in [0.29, 0.717) is 16.6 Å². The number of carbonyl (C=O) groups excluding carboxylic acids is 1. The number of carbonyl (C=O) groups is 1. The maximum Gasteiger partial charge on any atom is 0.251 e. The van der Waals surface area contributed by atoms with Crippen LogP contribution in [0.1, 0.15) is 30.0 Å². The molecule has 1 atom stereocenters. The standard InChI is InChI=1S/C12H15ClN4OS/c1-4-10(17-6-9(13)5-14-17)11(18)16-12-15-7(2)8(3)19-12/h5-6,10H,4H2,1-3H3,(H,15,16,18). The lowest BCUT2D eigenvalue weighted by molar-refractivity contribution is -0.119. The molecular weight excluding hydrogens is 284 g/mol. The van der Waals surface area contributed by atoms with Crippen LogP contribution in [0.25, 0.3) is 0 Å². The van der Waals surface area contributed by atoms with E-state index in [1.807, 2.05) is 20.8 Å². The van der Waals surface area contributed by atoms with Gasteiger partial charge in [-0.3, -0.25) is 9.48 Å². The van der Waals surface area contributed by atoms with Gasteiger partial charge in [0.2, 0.25) is 0 Å². The monoisotopic (exact) mass is 298 g/mol. The van der Waals surface area contributed by atoms with E-state index in [9.17, 15) is 4.79 Å². The number of rotatable bonds is 4. The molecule has 0 saturated heterocycles. The van der Waals surface area contributed by atoms with Gasteiger partial charge in [0.05, 0.1) is 16.9 Å². The second-order valence-electron chi connectivity index (χ2n) is 4.21. The largest absolute Gasteiger partial charge is 0.300 e. The number of thiazole rings is 1. The summed E-state index contributed by atoms with van der Waals surface area (Å²) in [5, 5.41) is 8.05. The molecule has 0 aliphatic carbocycles. The molecule has 1 unspecified atom stereocenters. The van der Waals surface area contributed by atoms with Crippen molar-refractivity contribution in [2.45, 2.75) is 33.2 Å². The van der Waals surface area contributed by atoms with Crippen molar-refractivity contribution in [3.05, 3.63) is 28.0 Å². The van der Waals surface area contributed by atoms with E-state index in [-0.39, 0.29) is 11.9 Å². The molecule has 2 heterocycles. The third kappa shape index (κ3) is 3.13. The maximum absolute atomic E-state index is 12.2. The van der Waals surface area contributed by atoms with Crippen LogP contribution in [-0.4, -0.2) is 20.7 Å². The number of nitrogens with one attached hydrogen (secondary N) is 1. The molecule has 1 N–H and O–H groups in total. The Hall–Kier alpha value is -1.40. The zero-order valence-electron chi connectivity index (χ0n) is 11.0. The molecule has 102 valence electrons. The molecule has 0 aliphatic rings. The van der Waals surface area contributed by atoms with Crippen LogP contribution >= 0.6 is 22.9 Å². The SMILES string of the molecule is CCC(C(=O)Nc1nc(C)c(C)s1)n1cc(Cl)cn1. The quantitative estimate of drug-likeness (QED) is 0.943. The topological polar surface area (TPSA) is 59.8 Å². The Morgan fingerprint density at radius 3 is 2.79 bits per heavy atom. The molecule has 0 aliphatic heterocycles. The number of anilines is 1. The Morgan fingerprint density at radius 2 is 2.32 bits per heavy atom. The van der Waals surface area contributed by atoms with Crippen LogP contribution in [0.4, 0.5) is 5.13 Å². The van der Waals surface area contributed by atoms with Gasteiger partial charge in [0.15, 0.2) is 5.13 Å². The van der Waals surface area contributed by atoms with Gasteiger partial charge in [-0.15, -0.1) is 11.3 Å². The zero-order valence-corrected chi connectivity index (χ0v) is 12.5. The summed E-state index contributed by atoms with van der Waals surface area (Å²) >= 11 is 7.30. The summed E-state index contributed by atoms with van der Waals surface area (Å²) < 4.78 is 1.57. The highest BCUT2D eigenvalue weighted by molar-refractivity contribution is 7.15. The van der Waals surface area contributed by atoms with E-state index in [2.05, 4.69) is 15.4 Å². The first kappa shape index (κ1) is 14.0.